The molecule has 19 heavy (non-hydrogen) atoms. The van der Waals surface area contributed by atoms with E-state index < -0.39 is 0 Å². The lowest BCUT2D eigenvalue weighted by molar-refractivity contribution is -0.709. The van der Waals surface area contributed by atoms with Gasteiger partial charge >= 0.3 is 0 Å². The fourth-order valence-corrected chi connectivity index (χ4v) is 2.06. The van der Waals surface area contributed by atoms with Crippen molar-refractivity contribution in [3.05, 3.63) is 66.0 Å². The number of halogens is 1. The second-order valence-corrected chi connectivity index (χ2v) is 4.12. The molecule has 1 aliphatic heterocycles. The predicted molar refractivity (Wildman–Crippen MR) is 63.6 cm³/mol. The fourth-order valence-electron chi connectivity index (χ4n) is 2.06. The van der Waals surface area contributed by atoms with Crippen LogP contribution in [0.15, 0.2) is 54.9 Å². The van der Waals surface area contributed by atoms with Crippen molar-refractivity contribution in [2.75, 3.05) is 0 Å². The number of pyridine rings is 1. The van der Waals surface area contributed by atoms with Crippen LogP contribution in [-0.4, -0.2) is 16.7 Å². The Balaban J connectivity index is 0.00000133. The van der Waals surface area contributed by atoms with Gasteiger partial charge in [0, 0.05) is 12.1 Å². The first kappa shape index (κ1) is 13.2. The van der Waals surface area contributed by atoms with Crippen molar-refractivity contribution < 1.29 is 26.6 Å². The van der Waals surface area contributed by atoms with Gasteiger partial charge in [-0.2, -0.15) is 4.57 Å². The Bertz CT molecular complexity index is 593. The lowest BCUT2D eigenvalue weighted by Gasteiger charge is -2.08. The number of hydrogen-bond acceptors (Lipinski definition) is 2. The lowest BCUT2D eigenvalue weighted by Crippen LogP contribution is -3.00. The van der Waals surface area contributed by atoms with Gasteiger partial charge in [-0.3, -0.25) is 9.59 Å². The molecule has 0 spiro atoms. The third-order valence-corrected chi connectivity index (χ3v) is 2.96. The van der Waals surface area contributed by atoms with Gasteiger partial charge in [-0.05, 0) is 12.1 Å². The molecular formula is C14H11ClN2O2. The second kappa shape index (κ2) is 5.20. The Morgan fingerprint density at radius 1 is 0.842 bits per heavy atom. The first-order valence-corrected chi connectivity index (χ1v) is 5.66. The average molecular weight is 275 g/mol. The van der Waals surface area contributed by atoms with E-state index in [0.717, 1.165) is 0 Å². The summed E-state index contributed by atoms with van der Waals surface area (Å²) < 4.78 is 1.79. The van der Waals surface area contributed by atoms with Gasteiger partial charge in [0.15, 0.2) is 12.4 Å². The van der Waals surface area contributed by atoms with Gasteiger partial charge in [0.2, 0.25) is 6.67 Å². The summed E-state index contributed by atoms with van der Waals surface area (Å²) in [5, 5.41) is 0. The highest BCUT2D eigenvalue weighted by Gasteiger charge is 2.36. The number of rotatable bonds is 2. The highest BCUT2D eigenvalue weighted by atomic mass is 35.5. The number of aromatic nitrogens is 1. The number of fused-ring (bicyclic) bond motifs is 1. The molecule has 3 rings (SSSR count). The number of benzene rings is 1. The zero-order chi connectivity index (χ0) is 12.5. The number of amides is 2. The molecule has 5 heteroatoms. The lowest BCUT2D eigenvalue weighted by atomic mass is 10.1. The summed E-state index contributed by atoms with van der Waals surface area (Å²) in [6.07, 6.45) is 3.65. The largest absolute Gasteiger partial charge is 1.00 e. The highest BCUT2D eigenvalue weighted by Crippen LogP contribution is 2.21. The SMILES string of the molecule is O=C1c2ccccc2C(=O)N1C[n+]1ccccc1.[Cl-]. The van der Waals surface area contributed by atoms with E-state index in [4.69, 9.17) is 0 Å². The van der Waals surface area contributed by atoms with Crippen LogP contribution in [0.25, 0.3) is 0 Å². The topological polar surface area (TPSA) is 41.3 Å². The summed E-state index contributed by atoms with van der Waals surface area (Å²) >= 11 is 0. The second-order valence-electron chi connectivity index (χ2n) is 4.12. The number of hydrogen-bond donors (Lipinski definition) is 0. The standard InChI is InChI=1S/C14H11N2O2.ClH/c17-13-11-6-2-3-7-12(11)14(18)16(13)10-15-8-4-1-5-9-15;/h1-9H,10H2;1H/q+1;/p-1. The van der Waals surface area contributed by atoms with Gasteiger partial charge in [0.05, 0.1) is 11.1 Å². The van der Waals surface area contributed by atoms with Crippen LogP contribution in [0.1, 0.15) is 20.7 Å². The Morgan fingerprint density at radius 2 is 1.37 bits per heavy atom. The molecule has 0 atom stereocenters. The molecule has 2 heterocycles. The molecule has 0 unspecified atom stereocenters. The van der Waals surface area contributed by atoms with Crippen molar-refractivity contribution in [3.8, 4) is 0 Å². The molecule has 1 aromatic heterocycles. The van der Waals surface area contributed by atoms with Crippen LogP contribution in [0.4, 0.5) is 0 Å². The van der Waals surface area contributed by atoms with Gasteiger partial charge < -0.3 is 12.4 Å². The Labute approximate surface area is 116 Å². The smallest absolute Gasteiger partial charge is 0.266 e. The first-order valence-electron chi connectivity index (χ1n) is 5.66. The highest BCUT2D eigenvalue weighted by molar-refractivity contribution is 6.21. The van der Waals surface area contributed by atoms with Crippen molar-refractivity contribution in [1.29, 1.82) is 0 Å². The van der Waals surface area contributed by atoms with Crippen LogP contribution in [0.3, 0.4) is 0 Å². The number of imide groups is 1. The summed E-state index contributed by atoms with van der Waals surface area (Å²) in [4.78, 5) is 25.5. The fraction of sp³-hybridized carbons (Fsp3) is 0.0714. The summed E-state index contributed by atoms with van der Waals surface area (Å²) in [5.74, 6) is -0.459. The summed E-state index contributed by atoms with van der Waals surface area (Å²) in [6, 6.07) is 12.5. The van der Waals surface area contributed by atoms with E-state index >= 15 is 0 Å². The third kappa shape index (κ3) is 2.22. The van der Waals surface area contributed by atoms with Crippen molar-refractivity contribution in [2.24, 2.45) is 0 Å². The monoisotopic (exact) mass is 274 g/mol. The van der Waals surface area contributed by atoms with Crippen molar-refractivity contribution in [1.82, 2.24) is 4.90 Å². The normalized spacial score (nSPS) is 13.2. The minimum atomic E-state index is -0.230. The van der Waals surface area contributed by atoms with Gasteiger partial charge in [0.25, 0.3) is 11.8 Å². The van der Waals surface area contributed by atoms with E-state index in [1.807, 2.05) is 30.6 Å². The predicted octanol–water partition coefficient (Wildman–Crippen LogP) is -1.77. The molecule has 96 valence electrons. The third-order valence-electron chi connectivity index (χ3n) is 2.96. The molecule has 0 aliphatic carbocycles. The quantitative estimate of drug-likeness (QED) is 0.481. The molecule has 0 fully saturated rings. The average Bonchev–Trinajstić information content (AvgIpc) is 2.66. The van der Waals surface area contributed by atoms with E-state index in [1.165, 1.54) is 4.90 Å². The van der Waals surface area contributed by atoms with E-state index in [0.29, 0.717) is 11.1 Å². The maximum atomic E-state index is 12.1. The van der Waals surface area contributed by atoms with Gasteiger partial charge in [-0.25, -0.2) is 4.90 Å². The van der Waals surface area contributed by atoms with Crippen LogP contribution in [-0.2, 0) is 6.67 Å². The molecule has 0 saturated carbocycles. The van der Waals surface area contributed by atoms with Gasteiger partial charge in [0.1, 0.15) is 0 Å². The van der Waals surface area contributed by atoms with E-state index in [9.17, 15) is 9.59 Å². The molecule has 4 nitrogen and oxygen atoms in total. The molecule has 0 N–H and O–H groups in total. The van der Waals surface area contributed by atoms with Crippen molar-refractivity contribution >= 4 is 11.8 Å². The maximum absolute atomic E-state index is 12.1. The Kier molecular flexibility index (Phi) is 3.62. The Morgan fingerprint density at radius 3 is 1.89 bits per heavy atom. The summed E-state index contributed by atoms with van der Waals surface area (Å²) in [6.45, 7) is 0.243. The molecule has 0 bridgehead atoms. The minimum Gasteiger partial charge on any atom is -1.00 e. The van der Waals surface area contributed by atoms with E-state index in [-0.39, 0.29) is 30.9 Å². The first-order chi connectivity index (χ1) is 8.77. The molecular weight excluding hydrogens is 264 g/mol. The van der Waals surface area contributed by atoms with E-state index in [1.54, 1.807) is 28.8 Å². The zero-order valence-electron chi connectivity index (χ0n) is 9.99. The van der Waals surface area contributed by atoms with Crippen molar-refractivity contribution in [3.63, 3.8) is 0 Å². The summed E-state index contributed by atoms with van der Waals surface area (Å²) in [5.41, 5.74) is 0.970. The molecule has 2 aromatic rings. The number of carbonyl (C=O) groups is 2. The van der Waals surface area contributed by atoms with Crippen LogP contribution in [0.2, 0.25) is 0 Å². The summed E-state index contributed by atoms with van der Waals surface area (Å²) in [7, 11) is 0. The molecule has 1 aromatic carbocycles. The van der Waals surface area contributed by atoms with Crippen molar-refractivity contribution in [2.45, 2.75) is 6.67 Å². The molecule has 0 saturated heterocycles. The van der Waals surface area contributed by atoms with E-state index in [2.05, 4.69) is 0 Å². The van der Waals surface area contributed by atoms with Gasteiger partial charge in [-0.15, -0.1) is 0 Å². The molecule has 1 aliphatic rings. The Hall–Kier alpha value is -2.20. The number of carbonyl (C=O) groups excluding carboxylic acids is 2. The minimum absolute atomic E-state index is 0. The van der Waals surface area contributed by atoms with Crippen LogP contribution >= 0.6 is 0 Å². The zero-order valence-corrected chi connectivity index (χ0v) is 10.7. The molecule has 0 radical (unpaired) electrons. The van der Waals surface area contributed by atoms with Crippen LogP contribution in [0, 0.1) is 0 Å². The maximum Gasteiger partial charge on any atom is 0.266 e. The van der Waals surface area contributed by atoms with Crippen LogP contribution < -0.4 is 17.0 Å². The van der Waals surface area contributed by atoms with Crippen LogP contribution in [0.5, 0.6) is 0 Å². The van der Waals surface area contributed by atoms with Gasteiger partial charge in [-0.1, -0.05) is 18.2 Å². The molecule has 2 amide bonds. The number of nitrogens with zero attached hydrogens (tertiary/aromatic N) is 2.